The van der Waals surface area contributed by atoms with Gasteiger partial charge >= 0.3 is 0 Å². The molecule has 1 rings (SSSR count). The summed E-state index contributed by atoms with van der Waals surface area (Å²) in [6, 6.07) is 2.65. The van der Waals surface area contributed by atoms with Crippen LogP contribution >= 0.6 is 22.9 Å². The highest BCUT2D eigenvalue weighted by Gasteiger charge is 2.08. The molecule has 1 aromatic rings. The second-order valence-electron chi connectivity index (χ2n) is 4.17. The van der Waals surface area contributed by atoms with Gasteiger partial charge in [0.2, 0.25) is 0 Å². The fourth-order valence-electron chi connectivity index (χ4n) is 1.85. The molecule has 92 valence electrons. The van der Waals surface area contributed by atoms with Gasteiger partial charge in [0, 0.05) is 10.9 Å². The number of hydrogen-bond acceptors (Lipinski definition) is 2. The predicted octanol–water partition coefficient (Wildman–Crippen LogP) is 4.50. The quantitative estimate of drug-likeness (QED) is 0.725. The average Bonchev–Trinajstić information content (AvgIpc) is 2.68. The number of nitrogens with one attached hydrogen (secondary N) is 1. The second-order valence-corrected chi connectivity index (χ2v) is 5.58. The lowest BCUT2D eigenvalue weighted by molar-refractivity contribution is 0.450. The average molecular weight is 260 g/mol. The number of thiophene rings is 1. The van der Waals surface area contributed by atoms with Crippen molar-refractivity contribution >= 4 is 22.9 Å². The van der Waals surface area contributed by atoms with Gasteiger partial charge in [0.1, 0.15) is 0 Å². The Morgan fingerprint density at radius 1 is 1.31 bits per heavy atom. The van der Waals surface area contributed by atoms with Crippen LogP contribution in [-0.4, -0.2) is 12.6 Å². The Kier molecular flexibility index (Phi) is 7.10. The number of rotatable bonds is 8. The monoisotopic (exact) mass is 259 g/mol. The molecule has 16 heavy (non-hydrogen) atoms. The van der Waals surface area contributed by atoms with Gasteiger partial charge in [-0.15, -0.1) is 11.3 Å². The zero-order valence-electron chi connectivity index (χ0n) is 10.3. The van der Waals surface area contributed by atoms with Gasteiger partial charge in [-0.25, -0.2) is 0 Å². The van der Waals surface area contributed by atoms with Crippen LogP contribution in [0.25, 0.3) is 0 Å². The number of halogens is 1. The van der Waals surface area contributed by atoms with Crippen LogP contribution in [0.3, 0.4) is 0 Å². The predicted molar refractivity (Wildman–Crippen MR) is 74.6 cm³/mol. The van der Waals surface area contributed by atoms with Crippen molar-refractivity contribution in [3.8, 4) is 0 Å². The molecule has 0 aliphatic carbocycles. The van der Waals surface area contributed by atoms with E-state index >= 15 is 0 Å². The SMILES string of the molecule is CCCNC(CCC)CCc1sccc1Cl. The molecule has 0 fully saturated rings. The van der Waals surface area contributed by atoms with Gasteiger partial charge < -0.3 is 5.32 Å². The van der Waals surface area contributed by atoms with Crippen molar-refractivity contribution < 1.29 is 0 Å². The molecule has 1 N–H and O–H groups in total. The van der Waals surface area contributed by atoms with Crippen molar-refractivity contribution in [3.05, 3.63) is 21.3 Å². The van der Waals surface area contributed by atoms with E-state index in [1.54, 1.807) is 11.3 Å². The van der Waals surface area contributed by atoms with Gasteiger partial charge in [0.15, 0.2) is 0 Å². The second kappa shape index (κ2) is 8.10. The molecule has 0 bridgehead atoms. The maximum atomic E-state index is 6.09. The summed E-state index contributed by atoms with van der Waals surface area (Å²) < 4.78 is 0. The molecule has 1 unspecified atom stereocenters. The van der Waals surface area contributed by atoms with Crippen molar-refractivity contribution in [1.29, 1.82) is 0 Å². The van der Waals surface area contributed by atoms with Crippen molar-refractivity contribution in [2.75, 3.05) is 6.54 Å². The summed E-state index contributed by atoms with van der Waals surface area (Å²) in [5.41, 5.74) is 0. The van der Waals surface area contributed by atoms with E-state index in [1.807, 2.05) is 6.07 Å². The third kappa shape index (κ3) is 4.86. The largest absolute Gasteiger partial charge is 0.314 e. The maximum Gasteiger partial charge on any atom is 0.0544 e. The Balaban J connectivity index is 2.34. The third-order valence-corrected chi connectivity index (χ3v) is 4.18. The Morgan fingerprint density at radius 3 is 2.69 bits per heavy atom. The molecular weight excluding hydrogens is 238 g/mol. The lowest BCUT2D eigenvalue weighted by Gasteiger charge is -2.17. The molecule has 0 aliphatic rings. The van der Waals surface area contributed by atoms with Gasteiger partial charge in [-0.2, -0.15) is 0 Å². The first-order chi connectivity index (χ1) is 7.77. The lowest BCUT2D eigenvalue weighted by atomic mass is 10.1. The van der Waals surface area contributed by atoms with Crippen molar-refractivity contribution in [2.45, 2.75) is 52.0 Å². The molecule has 1 nitrogen and oxygen atoms in total. The summed E-state index contributed by atoms with van der Waals surface area (Å²) >= 11 is 7.87. The molecule has 1 atom stereocenters. The molecule has 3 heteroatoms. The lowest BCUT2D eigenvalue weighted by Crippen LogP contribution is -2.30. The minimum absolute atomic E-state index is 0.656. The molecule has 0 amide bonds. The minimum atomic E-state index is 0.656. The van der Waals surface area contributed by atoms with Gasteiger partial charge in [0.05, 0.1) is 5.02 Å². The van der Waals surface area contributed by atoms with Crippen LogP contribution in [0.5, 0.6) is 0 Å². The van der Waals surface area contributed by atoms with Gasteiger partial charge in [-0.05, 0) is 43.7 Å². The normalized spacial score (nSPS) is 12.9. The minimum Gasteiger partial charge on any atom is -0.314 e. The summed E-state index contributed by atoms with van der Waals surface area (Å²) in [7, 11) is 0. The topological polar surface area (TPSA) is 12.0 Å². The third-order valence-electron chi connectivity index (χ3n) is 2.73. The van der Waals surface area contributed by atoms with Crippen LogP contribution in [0.4, 0.5) is 0 Å². The van der Waals surface area contributed by atoms with E-state index in [-0.39, 0.29) is 0 Å². The van der Waals surface area contributed by atoms with E-state index in [0.717, 1.165) is 18.0 Å². The van der Waals surface area contributed by atoms with Crippen molar-refractivity contribution in [1.82, 2.24) is 5.32 Å². The maximum absolute atomic E-state index is 6.09. The van der Waals surface area contributed by atoms with Gasteiger partial charge in [0.25, 0.3) is 0 Å². The van der Waals surface area contributed by atoms with E-state index in [0.29, 0.717) is 6.04 Å². The zero-order chi connectivity index (χ0) is 11.8. The molecule has 1 heterocycles. The van der Waals surface area contributed by atoms with Gasteiger partial charge in [-0.3, -0.25) is 0 Å². The van der Waals surface area contributed by atoms with Crippen LogP contribution in [0.1, 0.15) is 44.4 Å². The van der Waals surface area contributed by atoms with Crippen molar-refractivity contribution in [3.63, 3.8) is 0 Å². The fourth-order valence-corrected chi connectivity index (χ4v) is 3.00. The Morgan fingerprint density at radius 2 is 2.12 bits per heavy atom. The van der Waals surface area contributed by atoms with Crippen LogP contribution in [0, 0.1) is 0 Å². The van der Waals surface area contributed by atoms with Crippen LogP contribution in [0.2, 0.25) is 5.02 Å². The highest BCUT2D eigenvalue weighted by Crippen LogP contribution is 2.24. The summed E-state index contributed by atoms with van der Waals surface area (Å²) in [6.07, 6.45) is 6.04. The fraction of sp³-hybridized carbons (Fsp3) is 0.692. The number of aryl methyl sites for hydroxylation is 1. The summed E-state index contributed by atoms with van der Waals surface area (Å²) in [5, 5.41) is 6.63. The zero-order valence-corrected chi connectivity index (χ0v) is 11.8. The summed E-state index contributed by atoms with van der Waals surface area (Å²) in [6.45, 7) is 5.59. The van der Waals surface area contributed by atoms with E-state index in [4.69, 9.17) is 11.6 Å². The highest BCUT2D eigenvalue weighted by molar-refractivity contribution is 7.10. The Labute approximate surface area is 108 Å². The first-order valence-corrected chi connectivity index (χ1v) is 7.48. The van der Waals surface area contributed by atoms with Crippen LogP contribution in [-0.2, 0) is 6.42 Å². The van der Waals surface area contributed by atoms with E-state index < -0.39 is 0 Å². The van der Waals surface area contributed by atoms with Crippen molar-refractivity contribution in [2.24, 2.45) is 0 Å². The smallest absolute Gasteiger partial charge is 0.0544 e. The molecule has 1 aromatic heterocycles. The molecule has 0 saturated heterocycles. The number of hydrogen-bond donors (Lipinski definition) is 1. The molecule has 0 spiro atoms. The van der Waals surface area contributed by atoms with Crippen LogP contribution in [0.15, 0.2) is 11.4 Å². The highest BCUT2D eigenvalue weighted by atomic mass is 35.5. The van der Waals surface area contributed by atoms with E-state index in [2.05, 4.69) is 24.5 Å². The standard InChI is InChI=1S/C13H22ClNS/c1-3-5-11(15-9-4-2)6-7-13-12(14)8-10-16-13/h8,10-11,15H,3-7,9H2,1-2H3. The molecule has 0 aromatic carbocycles. The first-order valence-electron chi connectivity index (χ1n) is 6.23. The Hall–Kier alpha value is -0.0500. The molecular formula is C13H22ClNS. The van der Waals surface area contributed by atoms with Crippen LogP contribution < -0.4 is 5.32 Å². The Bertz CT molecular complexity index is 285. The molecule has 0 radical (unpaired) electrons. The molecule has 0 aliphatic heterocycles. The first kappa shape index (κ1) is 14.0. The summed E-state index contributed by atoms with van der Waals surface area (Å²) in [4.78, 5) is 1.33. The molecule has 0 saturated carbocycles. The summed E-state index contributed by atoms with van der Waals surface area (Å²) in [5.74, 6) is 0. The van der Waals surface area contributed by atoms with E-state index in [1.165, 1.54) is 30.6 Å². The van der Waals surface area contributed by atoms with Gasteiger partial charge in [-0.1, -0.05) is 31.9 Å². The van der Waals surface area contributed by atoms with E-state index in [9.17, 15) is 0 Å².